The molecule has 3 atom stereocenters. The third-order valence-corrected chi connectivity index (χ3v) is 3.75. The summed E-state index contributed by atoms with van der Waals surface area (Å²) >= 11 is 0. The molecule has 1 aliphatic heterocycles. The monoisotopic (exact) mass is 293 g/mol. The molecule has 0 aromatic heterocycles. The summed E-state index contributed by atoms with van der Waals surface area (Å²) in [6.07, 6.45) is 1.50. The highest BCUT2D eigenvalue weighted by atomic mass is 16.7. The minimum atomic E-state index is -0.854. The smallest absolute Gasteiger partial charge is 0.328 e. The summed E-state index contributed by atoms with van der Waals surface area (Å²) in [5.41, 5.74) is 1.02. The van der Waals surface area contributed by atoms with Crippen LogP contribution in [-0.4, -0.2) is 41.5 Å². The molecule has 1 aromatic carbocycles. The van der Waals surface area contributed by atoms with E-state index in [1.807, 2.05) is 30.3 Å². The summed E-state index contributed by atoms with van der Waals surface area (Å²) in [6, 6.07) is 8.96. The van der Waals surface area contributed by atoms with Crippen LogP contribution in [0.25, 0.3) is 0 Å². The summed E-state index contributed by atoms with van der Waals surface area (Å²) in [5.74, 6) is -0.461. The van der Waals surface area contributed by atoms with Crippen molar-refractivity contribution in [2.45, 2.75) is 51.0 Å². The molecule has 0 saturated carbocycles. The van der Waals surface area contributed by atoms with Gasteiger partial charge in [0.2, 0.25) is 0 Å². The van der Waals surface area contributed by atoms with Crippen LogP contribution in [0.3, 0.4) is 0 Å². The van der Waals surface area contributed by atoms with Gasteiger partial charge in [0.1, 0.15) is 12.2 Å². The average Bonchev–Trinajstić information content (AvgIpc) is 2.81. The molecule has 5 nitrogen and oxygen atoms in total. The van der Waals surface area contributed by atoms with Crippen molar-refractivity contribution in [3.63, 3.8) is 0 Å². The fraction of sp³-hybridized carbons (Fsp3) is 0.562. The molecule has 1 fully saturated rings. The van der Waals surface area contributed by atoms with Crippen LogP contribution < -0.4 is 0 Å². The van der Waals surface area contributed by atoms with Gasteiger partial charge in [-0.1, -0.05) is 50.1 Å². The van der Waals surface area contributed by atoms with Gasteiger partial charge in [0.25, 0.3) is 0 Å². The number of hydroxylamine groups is 2. The first-order valence-electron chi connectivity index (χ1n) is 7.40. The molecule has 0 unspecified atom stereocenters. The van der Waals surface area contributed by atoms with Crippen LogP contribution in [-0.2, 0) is 20.9 Å². The average molecular weight is 293 g/mol. The lowest BCUT2D eigenvalue weighted by molar-refractivity contribution is -0.185. The Labute approximate surface area is 125 Å². The van der Waals surface area contributed by atoms with Gasteiger partial charge in [0, 0.05) is 0 Å². The number of aliphatic hydroxyl groups excluding tert-OH is 1. The van der Waals surface area contributed by atoms with Crippen LogP contribution in [0, 0.1) is 0 Å². The topological polar surface area (TPSA) is 59.0 Å². The number of esters is 1. The molecule has 21 heavy (non-hydrogen) atoms. The number of rotatable bonds is 6. The predicted octanol–water partition coefficient (Wildman–Crippen LogP) is 1.90. The van der Waals surface area contributed by atoms with Crippen LogP contribution in [0.4, 0.5) is 0 Å². The van der Waals surface area contributed by atoms with Crippen molar-refractivity contribution < 1.29 is 19.5 Å². The van der Waals surface area contributed by atoms with Crippen LogP contribution in [0.5, 0.6) is 0 Å². The Bertz CT molecular complexity index is 451. The second-order valence-electron chi connectivity index (χ2n) is 5.31. The second kappa shape index (κ2) is 7.54. The Balaban J connectivity index is 2.10. The van der Waals surface area contributed by atoms with Gasteiger partial charge in [-0.15, -0.1) is 0 Å². The highest BCUT2D eigenvalue weighted by molar-refractivity contribution is 5.76. The molecular weight excluding hydrogens is 270 g/mol. The SMILES string of the molecule is CCCC[C@@H]1ON(Cc2ccccc2)[C@@H](C(=O)OC)[C@H]1O. The van der Waals surface area contributed by atoms with Gasteiger partial charge >= 0.3 is 5.97 Å². The van der Waals surface area contributed by atoms with Crippen molar-refractivity contribution in [1.29, 1.82) is 0 Å². The van der Waals surface area contributed by atoms with E-state index in [9.17, 15) is 9.90 Å². The molecule has 0 bridgehead atoms. The lowest BCUT2D eigenvalue weighted by atomic mass is 10.0. The summed E-state index contributed by atoms with van der Waals surface area (Å²) in [7, 11) is 1.33. The van der Waals surface area contributed by atoms with E-state index in [-0.39, 0.29) is 6.10 Å². The Hall–Kier alpha value is -1.43. The molecule has 5 heteroatoms. The van der Waals surface area contributed by atoms with E-state index in [2.05, 4.69) is 6.92 Å². The zero-order valence-corrected chi connectivity index (χ0v) is 12.6. The number of carbonyl (C=O) groups excluding carboxylic acids is 1. The number of hydrogen-bond acceptors (Lipinski definition) is 5. The highest BCUT2D eigenvalue weighted by Crippen LogP contribution is 2.28. The molecule has 0 radical (unpaired) electrons. The fourth-order valence-electron chi connectivity index (χ4n) is 2.58. The number of hydrogen-bond donors (Lipinski definition) is 1. The first kappa shape index (κ1) is 15.9. The molecule has 1 aromatic rings. The van der Waals surface area contributed by atoms with E-state index in [1.165, 1.54) is 7.11 Å². The number of methoxy groups -OCH3 is 1. The van der Waals surface area contributed by atoms with Gasteiger partial charge < -0.3 is 9.84 Å². The Morgan fingerprint density at radius 3 is 2.71 bits per heavy atom. The van der Waals surface area contributed by atoms with Crippen molar-refractivity contribution in [3.05, 3.63) is 35.9 Å². The second-order valence-corrected chi connectivity index (χ2v) is 5.31. The third-order valence-electron chi connectivity index (χ3n) is 3.75. The van der Waals surface area contributed by atoms with Crippen LogP contribution in [0.2, 0.25) is 0 Å². The largest absolute Gasteiger partial charge is 0.468 e. The maximum absolute atomic E-state index is 11.9. The number of unbranched alkanes of at least 4 members (excludes halogenated alkanes) is 1. The Morgan fingerprint density at radius 1 is 1.38 bits per heavy atom. The summed E-state index contributed by atoms with van der Waals surface area (Å²) in [5, 5.41) is 11.9. The van der Waals surface area contributed by atoms with Gasteiger partial charge in [-0.3, -0.25) is 9.63 Å². The van der Waals surface area contributed by atoms with Crippen molar-refractivity contribution in [2.75, 3.05) is 7.11 Å². The van der Waals surface area contributed by atoms with E-state index < -0.39 is 18.1 Å². The van der Waals surface area contributed by atoms with Crippen molar-refractivity contribution in [1.82, 2.24) is 5.06 Å². The van der Waals surface area contributed by atoms with Gasteiger partial charge in [0.05, 0.1) is 13.7 Å². The Morgan fingerprint density at radius 2 is 2.10 bits per heavy atom. The van der Waals surface area contributed by atoms with E-state index in [1.54, 1.807) is 5.06 Å². The minimum Gasteiger partial charge on any atom is -0.468 e. The molecule has 1 aliphatic rings. The normalized spacial score (nSPS) is 26.0. The summed E-state index contributed by atoms with van der Waals surface area (Å²) < 4.78 is 4.80. The summed E-state index contributed by atoms with van der Waals surface area (Å²) in [6.45, 7) is 2.53. The third kappa shape index (κ3) is 3.81. The zero-order chi connectivity index (χ0) is 15.2. The number of carbonyl (C=O) groups is 1. The lowest BCUT2D eigenvalue weighted by Gasteiger charge is -2.21. The van der Waals surface area contributed by atoms with Crippen molar-refractivity contribution in [3.8, 4) is 0 Å². The molecule has 0 aliphatic carbocycles. The first-order chi connectivity index (χ1) is 10.2. The number of nitrogens with zero attached hydrogens (tertiary/aromatic N) is 1. The van der Waals surface area contributed by atoms with Crippen LogP contribution in [0.1, 0.15) is 31.7 Å². The van der Waals surface area contributed by atoms with Crippen molar-refractivity contribution >= 4 is 5.97 Å². The molecule has 116 valence electrons. The van der Waals surface area contributed by atoms with Crippen molar-refractivity contribution in [2.24, 2.45) is 0 Å². The lowest BCUT2D eigenvalue weighted by Crippen LogP contribution is -2.43. The first-order valence-corrected chi connectivity index (χ1v) is 7.40. The fourth-order valence-corrected chi connectivity index (χ4v) is 2.58. The molecular formula is C16H23NO4. The minimum absolute atomic E-state index is 0.349. The molecule has 1 saturated heterocycles. The van der Waals surface area contributed by atoms with Gasteiger partial charge in [-0.25, -0.2) is 0 Å². The predicted molar refractivity (Wildman–Crippen MR) is 78.2 cm³/mol. The number of benzene rings is 1. The van der Waals surface area contributed by atoms with E-state index in [0.29, 0.717) is 6.54 Å². The maximum atomic E-state index is 11.9. The number of ether oxygens (including phenoxy) is 1. The molecule has 0 spiro atoms. The quantitative estimate of drug-likeness (QED) is 0.812. The van der Waals surface area contributed by atoms with E-state index in [4.69, 9.17) is 9.57 Å². The van der Waals surface area contributed by atoms with Crippen LogP contribution in [0.15, 0.2) is 30.3 Å². The van der Waals surface area contributed by atoms with Gasteiger partial charge in [-0.05, 0) is 12.0 Å². The van der Waals surface area contributed by atoms with Crippen LogP contribution >= 0.6 is 0 Å². The number of aliphatic hydroxyl groups is 1. The maximum Gasteiger partial charge on any atom is 0.328 e. The Kier molecular flexibility index (Phi) is 5.73. The van der Waals surface area contributed by atoms with Gasteiger partial charge in [0.15, 0.2) is 6.04 Å². The molecule has 2 rings (SSSR count). The molecule has 0 amide bonds. The standard InChI is InChI=1S/C16H23NO4/c1-3-4-10-13-15(18)14(16(19)20-2)17(21-13)11-12-8-6-5-7-9-12/h5-9,13-15,18H,3-4,10-11H2,1-2H3/t13-,14+,15-/m0/s1. The molecule has 1 N–H and O–H groups in total. The van der Waals surface area contributed by atoms with Gasteiger partial charge in [-0.2, -0.15) is 5.06 Å². The summed E-state index contributed by atoms with van der Waals surface area (Å²) in [4.78, 5) is 17.7. The van der Waals surface area contributed by atoms with E-state index >= 15 is 0 Å². The zero-order valence-electron chi connectivity index (χ0n) is 12.6. The molecule has 1 heterocycles. The highest BCUT2D eigenvalue weighted by Gasteiger charge is 2.46. The van der Waals surface area contributed by atoms with E-state index in [0.717, 1.165) is 24.8 Å².